The lowest BCUT2D eigenvalue weighted by molar-refractivity contribution is -0.124. The molecule has 4 aromatic rings. The molecule has 37 heavy (non-hydrogen) atoms. The quantitative estimate of drug-likeness (QED) is 0.324. The highest BCUT2D eigenvalue weighted by Gasteiger charge is 2.21. The lowest BCUT2D eigenvalue weighted by atomic mass is 10.0. The number of nitrogens with two attached hydrogens (primary N) is 1. The van der Waals surface area contributed by atoms with Gasteiger partial charge in [-0.15, -0.1) is 0 Å². The third-order valence-electron chi connectivity index (χ3n) is 5.67. The number of anilines is 2. The minimum Gasteiger partial charge on any atom is -0.382 e. The van der Waals surface area contributed by atoms with Gasteiger partial charge in [-0.25, -0.2) is 22.8 Å². The molecule has 2 aromatic heterocycles. The van der Waals surface area contributed by atoms with E-state index in [4.69, 9.17) is 17.3 Å². The smallest absolute Gasteiger partial charge is 0.263 e. The largest absolute Gasteiger partial charge is 0.382 e. The molecule has 192 valence electrons. The van der Waals surface area contributed by atoms with E-state index in [2.05, 4.69) is 20.0 Å². The van der Waals surface area contributed by atoms with Gasteiger partial charge in [0.25, 0.3) is 15.6 Å². The molecule has 0 aliphatic heterocycles. The first-order valence-corrected chi connectivity index (χ1v) is 12.8. The van der Waals surface area contributed by atoms with Gasteiger partial charge in [-0.1, -0.05) is 24.6 Å². The van der Waals surface area contributed by atoms with Crippen molar-refractivity contribution in [2.24, 2.45) is 5.92 Å². The van der Waals surface area contributed by atoms with Crippen molar-refractivity contribution in [2.45, 2.75) is 18.4 Å². The van der Waals surface area contributed by atoms with Gasteiger partial charge in [0.1, 0.15) is 16.5 Å². The van der Waals surface area contributed by atoms with Gasteiger partial charge in [0.2, 0.25) is 5.91 Å². The minimum absolute atomic E-state index is 0.0269. The van der Waals surface area contributed by atoms with E-state index >= 15 is 0 Å². The molecule has 1 atom stereocenters. The van der Waals surface area contributed by atoms with Crippen molar-refractivity contribution in [3.8, 4) is 11.1 Å². The van der Waals surface area contributed by atoms with Crippen LogP contribution >= 0.6 is 11.6 Å². The van der Waals surface area contributed by atoms with Crippen LogP contribution in [-0.4, -0.2) is 35.9 Å². The molecule has 2 aromatic carbocycles. The number of nitrogen functional groups attached to an aromatic ring is 1. The summed E-state index contributed by atoms with van der Waals surface area (Å²) in [5, 5.41) is 2.56. The molecular weight excluding hydrogens is 523 g/mol. The molecule has 13 heteroatoms. The number of benzene rings is 2. The van der Waals surface area contributed by atoms with Crippen LogP contribution in [0, 0.1) is 11.7 Å². The molecule has 0 saturated carbocycles. The van der Waals surface area contributed by atoms with Crippen molar-refractivity contribution < 1.29 is 17.6 Å². The zero-order valence-electron chi connectivity index (χ0n) is 19.7. The molecule has 1 amide bonds. The monoisotopic (exact) mass is 544 g/mol. The van der Waals surface area contributed by atoms with Gasteiger partial charge in [-0.05, 0) is 42.0 Å². The molecular formula is C24H22ClFN6O4S. The Labute approximate surface area is 216 Å². The van der Waals surface area contributed by atoms with E-state index in [1.807, 2.05) is 0 Å². The van der Waals surface area contributed by atoms with E-state index in [-0.39, 0.29) is 39.4 Å². The lowest BCUT2D eigenvalue weighted by Crippen LogP contribution is -2.32. The number of carbonyl (C=O) groups excluding carboxylic acids is 1. The number of sulfonamides is 1. The number of amides is 1. The van der Waals surface area contributed by atoms with Gasteiger partial charge >= 0.3 is 0 Å². The molecule has 0 saturated heterocycles. The number of hydrogen-bond acceptors (Lipinski definition) is 7. The topological polar surface area (TPSA) is 149 Å². The average molecular weight is 545 g/mol. The summed E-state index contributed by atoms with van der Waals surface area (Å²) in [6.45, 7) is 1.85. The van der Waals surface area contributed by atoms with Crippen molar-refractivity contribution >= 4 is 49.9 Å². The van der Waals surface area contributed by atoms with Crippen LogP contribution in [0.1, 0.15) is 6.92 Å². The number of carbonyl (C=O) groups is 1. The third kappa shape index (κ3) is 5.39. The highest BCUT2D eigenvalue weighted by molar-refractivity contribution is 7.92. The first-order chi connectivity index (χ1) is 17.5. The number of halogens is 2. The van der Waals surface area contributed by atoms with E-state index in [9.17, 15) is 22.4 Å². The Bertz CT molecular complexity index is 1690. The third-order valence-corrected chi connectivity index (χ3v) is 7.52. The highest BCUT2D eigenvalue weighted by Crippen LogP contribution is 2.30. The van der Waals surface area contributed by atoms with Crippen molar-refractivity contribution in [2.75, 3.05) is 17.5 Å². The second-order valence-corrected chi connectivity index (χ2v) is 10.3. The fourth-order valence-corrected chi connectivity index (χ4v) is 5.30. The molecule has 0 radical (unpaired) electrons. The minimum atomic E-state index is -4.21. The Morgan fingerprint density at radius 1 is 1.16 bits per heavy atom. The van der Waals surface area contributed by atoms with Crippen LogP contribution < -0.4 is 21.3 Å². The number of nitrogens with one attached hydrogen (secondary N) is 2. The Balaban J connectivity index is 1.71. The van der Waals surface area contributed by atoms with Crippen molar-refractivity contribution in [1.82, 2.24) is 19.9 Å². The SMILES string of the molecule is CNC(=O)C(C)Cn1cnc2ccc(-c3cnc(N)c(NS(=O)(=O)c4ccc(F)cc4Cl)c3)cc2c1=O. The summed E-state index contributed by atoms with van der Waals surface area (Å²) in [5.74, 6) is -1.43. The number of aromatic nitrogens is 3. The fourth-order valence-electron chi connectivity index (χ4n) is 3.70. The summed E-state index contributed by atoms with van der Waals surface area (Å²) in [7, 11) is -2.69. The first kappa shape index (κ1) is 26.0. The highest BCUT2D eigenvalue weighted by atomic mass is 35.5. The maximum Gasteiger partial charge on any atom is 0.263 e. The summed E-state index contributed by atoms with van der Waals surface area (Å²) < 4.78 is 42.8. The molecule has 0 fully saturated rings. The Morgan fingerprint density at radius 3 is 2.62 bits per heavy atom. The van der Waals surface area contributed by atoms with Crippen molar-refractivity contribution in [3.05, 3.63) is 76.2 Å². The zero-order valence-corrected chi connectivity index (χ0v) is 21.3. The van der Waals surface area contributed by atoms with Gasteiger partial charge in [0, 0.05) is 25.4 Å². The fraction of sp³-hybridized carbons (Fsp3) is 0.167. The van der Waals surface area contributed by atoms with Crippen LogP contribution in [0.25, 0.3) is 22.0 Å². The molecule has 0 spiro atoms. The van der Waals surface area contributed by atoms with Crippen molar-refractivity contribution in [3.63, 3.8) is 0 Å². The normalized spacial score (nSPS) is 12.3. The zero-order chi connectivity index (χ0) is 26.9. The average Bonchev–Trinajstić information content (AvgIpc) is 2.86. The summed E-state index contributed by atoms with van der Waals surface area (Å²) >= 11 is 5.92. The summed E-state index contributed by atoms with van der Waals surface area (Å²) in [4.78, 5) is 33.0. The Morgan fingerprint density at radius 2 is 1.92 bits per heavy atom. The van der Waals surface area contributed by atoms with Crippen molar-refractivity contribution in [1.29, 1.82) is 0 Å². The van der Waals surface area contributed by atoms with Gasteiger partial charge in [0.15, 0.2) is 0 Å². The maximum atomic E-state index is 13.4. The van der Waals surface area contributed by atoms with E-state index in [0.717, 1.165) is 18.2 Å². The molecule has 0 aliphatic rings. The molecule has 0 aliphatic carbocycles. The molecule has 1 unspecified atom stereocenters. The van der Waals surface area contributed by atoms with Crippen LogP contribution in [0.3, 0.4) is 0 Å². The molecule has 2 heterocycles. The maximum absolute atomic E-state index is 13.4. The van der Waals surface area contributed by atoms with Gasteiger partial charge in [0.05, 0.1) is 33.9 Å². The van der Waals surface area contributed by atoms with Gasteiger partial charge in [-0.3, -0.25) is 18.9 Å². The van der Waals surface area contributed by atoms with E-state index in [1.54, 1.807) is 25.1 Å². The predicted molar refractivity (Wildman–Crippen MR) is 139 cm³/mol. The van der Waals surface area contributed by atoms with E-state index in [1.165, 1.54) is 30.2 Å². The number of rotatable bonds is 7. The van der Waals surface area contributed by atoms with Crippen LogP contribution in [0.2, 0.25) is 5.02 Å². The summed E-state index contributed by atoms with van der Waals surface area (Å²) in [5.41, 5.74) is 7.01. The van der Waals surface area contributed by atoms with Crippen LogP contribution in [0.15, 0.2) is 64.7 Å². The summed E-state index contributed by atoms with van der Waals surface area (Å²) in [6.07, 6.45) is 2.82. The second kappa shape index (κ2) is 10.1. The van der Waals surface area contributed by atoms with Crippen LogP contribution in [0.4, 0.5) is 15.9 Å². The van der Waals surface area contributed by atoms with Crippen LogP contribution in [-0.2, 0) is 21.4 Å². The molecule has 4 N–H and O–H groups in total. The summed E-state index contributed by atoms with van der Waals surface area (Å²) in [6, 6.07) is 9.32. The molecule has 4 rings (SSSR count). The number of fused-ring (bicyclic) bond motifs is 1. The molecule has 0 bridgehead atoms. The van der Waals surface area contributed by atoms with E-state index in [0.29, 0.717) is 22.0 Å². The standard InChI is InChI=1S/C24H22ClFN6O4S/c1-13(23(33)28-2)11-32-12-30-19-5-3-14(7-17(19)24(32)34)15-8-20(22(27)29-10-15)31-37(35,36)21-6-4-16(26)9-18(21)25/h3-10,12-13,31H,11H2,1-2H3,(H2,27,29)(H,28,33). The second-order valence-electron chi connectivity index (χ2n) is 8.29. The lowest BCUT2D eigenvalue weighted by Gasteiger charge is -2.14. The predicted octanol–water partition coefficient (Wildman–Crippen LogP) is 3.02. The van der Waals surface area contributed by atoms with Gasteiger partial charge < -0.3 is 11.1 Å². The molecule has 10 nitrogen and oxygen atoms in total. The van der Waals surface area contributed by atoms with E-state index < -0.39 is 21.8 Å². The Kier molecular flexibility index (Phi) is 7.14. The van der Waals surface area contributed by atoms with Crippen LogP contribution in [0.5, 0.6) is 0 Å². The number of nitrogens with zero attached hydrogens (tertiary/aromatic N) is 3. The number of pyridine rings is 1. The first-order valence-electron chi connectivity index (χ1n) is 10.9. The Hall–Kier alpha value is -4.03. The van der Waals surface area contributed by atoms with Gasteiger partial charge in [-0.2, -0.15) is 0 Å². The number of hydrogen-bond donors (Lipinski definition) is 3.